The maximum absolute atomic E-state index is 12.9. The molecule has 3 aliphatic rings. The molecule has 4 rings (SSSR count). The van der Waals surface area contributed by atoms with E-state index in [4.69, 9.17) is 0 Å². The van der Waals surface area contributed by atoms with Crippen molar-refractivity contribution in [3.05, 3.63) is 29.8 Å². The smallest absolute Gasteiger partial charge is 0.322 e. The molecule has 0 aromatic heterocycles. The normalized spacial score (nSPS) is 23.3. The van der Waals surface area contributed by atoms with Crippen LogP contribution in [0.3, 0.4) is 0 Å². The Labute approximate surface area is 168 Å². The standard InChI is InChI=1S/C23H33N3O2/c1-17-7-5-6-16-25(17)22(27)18-10-12-19(13-11-18)24-23(28)26(21-14-15-21)20-8-3-2-4-9-20/h10-13,17,20-21H,2-9,14-16H2,1H3,(H,24,28)/t17-/m0/s1. The van der Waals surface area contributed by atoms with Gasteiger partial charge in [0.1, 0.15) is 0 Å². The lowest BCUT2D eigenvalue weighted by atomic mass is 9.94. The third kappa shape index (κ3) is 4.34. The summed E-state index contributed by atoms with van der Waals surface area (Å²) in [6.07, 6.45) is 11.6. The second-order valence-corrected chi connectivity index (χ2v) is 8.78. The molecular formula is C23H33N3O2. The van der Waals surface area contributed by atoms with Crippen molar-refractivity contribution >= 4 is 17.6 Å². The molecule has 1 heterocycles. The monoisotopic (exact) mass is 383 g/mol. The van der Waals surface area contributed by atoms with Crippen LogP contribution in [-0.2, 0) is 0 Å². The first-order valence-corrected chi connectivity index (χ1v) is 11.1. The van der Waals surface area contributed by atoms with Crippen molar-refractivity contribution in [2.45, 2.75) is 89.3 Å². The highest BCUT2D eigenvalue weighted by Gasteiger charge is 2.37. The summed E-state index contributed by atoms with van der Waals surface area (Å²) >= 11 is 0. The summed E-state index contributed by atoms with van der Waals surface area (Å²) in [4.78, 5) is 29.8. The summed E-state index contributed by atoms with van der Waals surface area (Å²) in [7, 11) is 0. The van der Waals surface area contributed by atoms with Gasteiger partial charge < -0.3 is 15.1 Å². The predicted octanol–water partition coefficient (Wildman–Crippen LogP) is 5.03. The number of piperidine rings is 1. The number of benzene rings is 1. The van der Waals surface area contributed by atoms with Gasteiger partial charge in [0.15, 0.2) is 0 Å². The van der Waals surface area contributed by atoms with Gasteiger partial charge in [-0.05, 0) is 76.1 Å². The van der Waals surface area contributed by atoms with Gasteiger partial charge in [-0.2, -0.15) is 0 Å². The van der Waals surface area contributed by atoms with E-state index in [2.05, 4.69) is 17.1 Å². The number of carbonyl (C=O) groups is 2. The molecule has 2 saturated carbocycles. The van der Waals surface area contributed by atoms with Gasteiger partial charge in [0.2, 0.25) is 0 Å². The van der Waals surface area contributed by atoms with Gasteiger partial charge >= 0.3 is 6.03 Å². The summed E-state index contributed by atoms with van der Waals surface area (Å²) in [6, 6.07) is 8.58. The summed E-state index contributed by atoms with van der Waals surface area (Å²) in [5, 5.41) is 3.08. The number of likely N-dealkylation sites (tertiary alicyclic amines) is 1. The quantitative estimate of drug-likeness (QED) is 0.793. The van der Waals surface area contributed by atoms with Gasteiger partial charge in [0.05, 0.1) is 0 Å². The third-order valence-electron chi connectivity index (χ3n) is 6.59. The number of nitrogens with one attached hydrogen (secondary N) is 1. The number of hydrogen-bond acceptors (Lipinski definition) is 2. The van der Waals surface area contributed by atoms with E-state index in [0.717, 1.165) is 50.8 Å². The van der Waals surface area contributed by atoms with Crippen LogP contribution in [-0.4, -0.2) is 46.4 Å². The molecule has 1 N–H and O–H groups in total. The fourth-order valence-electron chi connectivity index (χ4n) is 4.79. The first-order valence-electron chi connectivity index (χ1n) is 11.1. The van der Waals surface area contributed by atoms with Crippen molar-refractivity contribution < 1.29 is 9.59 Å². The summed E-state index contributed by atoms with van der Waals surface area (Å²) in [6.45, 7) is 2.97. The molecule has 0 unspecified atom stereocenters. The van der Waals surface area contributed by atoms with Crippen LogP contribution in [0.2, 0.25) is 0 Å². The van der Waals surface area contributed by atoms with E-state index in [0.29, 0.717) is 23.7 Å². The van der Waals surface area contributed by atoms with Gasteiger partial charge in [-0.3, -0.25) is 4.79 Å². The van der Waals surface area contributed by atoms with E-state index >= 15 is 0 Å². The molecule has 1 aromatic rings. The fraction of sp³-hybridized carbons (Fsp3) is 0.652. The predicted molar refractivity (Wildman–Crippen MR) is 112 cm³/mol. The molecule has 152 valence electrons. The molecule has 1 saturated heterocycles. The molecule has 0 radical (unpaired) electrons. The van der Waals surface area contributed by atoms with E-state index in [1.807, 2.05) is 29.2 Å². The average molecular weight is 384 g/mol. The molecule has 2 aliphatic carbocycles. The molecule has 3 amide bonds. The van der Waals surface area contributed by atoms with Crippen LogP contribution in [0.4, 0.5) is 10.5 Å². The number of nitrogens with zero attached hydrogens (tertiary/aromatic N) is 2. The minimum atomic E-state index is 0.0260. The van der Waals surface area contributed by atoms with Crippen LogP contribution >= 0.6 is 0 Å². The first-order chi connectivity index (χ1) is 13.6. The second-order valence-electron chi connectivity index (χ2n) is 8.78. The number of urea groups is 1. The molecule has 5 nitrogen and oxygen atoms in total. The highest BCUT2D eigenvalue weighted by molar-refractivity contribution is 5.96. The van der Waals surface area contributed by atoms with E-state index in [1.165, 1.54) is 25.7 Å². The van der Waals surface area contributed by atoms with E-state index in [1.54, 1.807) is 0 Å². The number of carbonyl (C=O) groups excluding carboxylic acids is 2. The van der Waals surface area contributed by atoms with Crippen LogP contribution in [0.25, 0.3) is 0 Å². The molecule has 28 heavy (non-hydrogen) atoms. The zero-order valence-corrected chi connectivity index (χ0v) is 17.0. The van der Waals surface area contributed by atoms with Crippen molar-refractivity contribution in [2.24, 2.45) is 0 Å². The van der Waals surface area contributed by atoms with E-state index in [9.17, 15) is 9.59 Å². The lowest BCUT2D eigenvalue weighted by Gasteiger charge is -2.34. The van der Waals surface area contributed by atoms with Crippen LogP contribution in [0.5, 0.6) is 0 Å². The highest BCUT2D eigenvalue weighted by atomic mass is 16.2. The van der Waals surface area contributed by atoms with Crippen molar-refractivity contribution in [3.8, 4) is 0 Å². The van der Waals surface area contributed by atoms with Crippen molar-refractivity contribution in [3.63, 3.8) is 0 Å². The average Bonchev–Trinajstić information content (AvgIpc) is 3.54. The maximum Gasteiger partial charge on any atom is 0.322 e. The Balaban J connectivity index is 1.39. The minimum Gasteiger partial charge on any atom is -0.336 e. The molecular weight excluding hydrogens is 350 g/mol. The maximum atomic E-state index is 12.9. The number of hydrogen-bond donors (Lipinski definition) is 1. The van der Waals surface area contributed by atoms with Crippen LogP contribution in [0, 0.1) is 0 Å². The first kappa shape index (κ1) is 19.3. The lowest BCUT2D eigenvalue weighted by Crippen LogP contribution is -2.45. The molecule has 1 aromatic carbocycles. The van der Waals surface area contributed by atoms with Gasteiger partial charge in [-0.1, -0.05) is 19.3 Å². The Morgan fingerprint density at radius 3 is 2.18 bits per heavy atom. The molecule has 0 spiro atoms. The molecule has 5 heteroatoms. The van der Waals surface area contributed by atoms with E-state index < -0.39 is 0 Å². The van der Waals surface area contributed by atoms with Crippen LogP contribution in [0.15, 0.2) is 24.3 Å². The lowest BCUT2D eigenvalue weighted by molar-refractivity contribution is 0.0635. The largest absolute Gasteiger partial charge is 0.336 e. The molecule has 3 fully saturated rings. The Hall–Kier alpha value is -2.04. The summed E-state index contributed by atoms with van der Waals surface area (Å²) in [5.41, 5.74) is 1.48. The van der Waals surface area contributed by atoms with Crippen LogP contribution in [0.1, 0.15) is 81.5 Å². The van der Waals surface area contributed by atoms with Gasteiger partial charge in [-0.25, -0.2) is 4.79 Å². The summed E-state index contributed by atoms with van der Waals surface area (Å²) < 4.78 is 0. The Morgan fingerprint density at radius 2 is 1.54 bits per heavy atom. The van der Waals surface area contributed by atoms with Crippen molar-refractivity contribution in [1.82, 2.24) is 9.80 Å². The van der Waals surface area contributed by atoms with Crippen molar-refractivity contribution in [2.75, 3.05) is 11.9 Å². The molecule has 1 atom stereocenters. The fourth-order valence-corrected chi connectivity index (χ4v) is 4.79. The van der Waals surface area contributed by atoms with Crippen molar-refractivity contribution in [1.29, 1.82) is 0 Å². The van der Waals surface area contributed by atoms with Gasteiger partial charge in [0.25, 0.3) is 5.91 Å². The second kappa shape index (κ2) is 8.54. The zero-order valence-electron chi connectivity index (χ0n) is 17.0. The topological polar surface area (TPSA) is 52.7 Å². The third-order valence-corrected chi connectivity index (χ3v) is 6.59. The minimum absolute atomic E-state index is 0.0260. The van der Waals surface area contributed by atoms with Crippen LogP contribution < -0.4 is 5.32 Å². The zero-order chi connectivity index (χ0) is 19.5. The Morgan fingerprint density at radius 1 is 0.893 bits per heavy atom. The number of rotatable bonds is 4. The molecule has 0 bridgehead atoms. The highest BCUT2D eigenvalue weighted by Crippen LogP contribution is 2.34. The number of anilines is 1. The van der Waals surface area contributed by atoms with E-state index in [-0.39, 0.29) is 11.9 Å². The Kier molecular flexibility index (Phi) is 5.88. The molecule has 1 aliphatic heterocycles. The van der Waals surface area contributed by atoms with Gasteiger partial charge in [-0.15, -0.1) is 0 Å². The Bertz CT molecular complexity index is 692. The van der Waals surface area contributed by atoms with Gasteiger partial charge in [0, 0.05) is 35.9 Å². The number of amides is 3. The SMILES string of the molecule is C[C@H]1CCCCN1C(=O)c1ccc(NC(=O)N(C2CCCCC2)C2CC2)cc1. The summed E-state index contributed by atoms with van der Waals surface area (Å²) in [5.74, 6) is 0.104.